The van der Waals surface area contributed by atoms with E-state index in [9.17, 15) is 0 Å². The highest BCUT2D eigenvalue weighted by atomic mass is 32.2. The van der Waals surface area contributed by atoms with Crippen LogP contribution in [0.15, 0.2) is 15.1 Å². The van der Waals surface area contributed by atoms with E-state index < -0.39 is 0 Å². The molecule has 0 saturated carbocycles. The van der Waals surface area contributed by atoms with E-state index in [1.807, 2.05) is 13.8 Å². The van der Waals surface area contributed by atoms with Crippen molar-refractivity contribution in [3.8, 4) is 0 Å². The molecule has 2 rings (SSSR count). The Morgan fingerprint density at radius 2 is 2.04 bits per heavy atom. The molecule has 2 aromatic rings. The molecule has 0 amide bonds. The van der Waals surface area contributed by atoms with Gasteiger partial charge < -0.3 is 13.7 Å². The normalized spacial score (nSPS) is 14.9. The van der Waals surface area contributed by atoms with Crippen molar-refractivity contribution in [2.45, 2.75) is 64.1 Å². The second kappa shape index (κ2) is 7.49. The van der Waals surface area contributed by atoms with E-state index in [1.165, 1.54) is 0 Å². The molecule has 0 aliphatic carbocycles. The number of oxazole rings is 1. The molecule has 0 aliphatic heterocycles. The molecule has 2 atom stereocenters. The van der Waals surface area contributed by atoms with Gasteiger partial charge in [0.25, 0.3) is 0 Å². The third-order valence-corrected chi connectivity index (χ3v) is 4.45. The van der Waals surface area contributed by atoms with Gasteiger partial charge in [-0.15, -0.1) is 11.8 Å². The van der Waals surface area contributed by atoms with Crippen LogP contribution in [0.2, 0.25) is 0 Å². The van der Waals surface area contributed by atoms with E-state index in [4.69, 9.17) is 13.7 Å². The Balaban J connectivity index is 1.91. The summed E-state index contributed by atoms with van der Waals surface area (Å²) in [5, 5.41) is 4.07. The van der Waals surface area contributed by atoms with E-state index in [0.717, 1.165) is 11.7 Å². The molecule has 128 valence electrons. The summed E-state index contributed by atoms with van der Waals surface area (Å²) in [6.45, 7) is 12.9. The van der Waals surface area contributed by atoms with Crippen molar-refractivity contribution in [1.82, 2.24) is 15.1 Å². The highest BCUT2D eigenvalue weighted by Crippen LogP contribution is 2.33. The molecule has 2 unspecified atom stereocenters. The highest BCUT2D eigenvalue weighted by molar-refractivity contribution is 7.98. The first kappa shape index (κ1) is 18.0. The molecule has 2 aromatic heterocycles. The number of aromatic nitrogens is 3. The fourth-order valence-corrected chi connectivity index (χ4v) is 2.67. The Morgan fingerprint density at radius 3 is 2.65 bits per heavy atom. The lowest BCUT2D eigenvalue weighted by Gasteiger charge is -2.13. The Kier molecular flexibility index (Phi) is 5.86. The third kappa shape index (κ3) is 4.81. The number of thioether (sulfide) groups is 1. The standard InChI is InChI=1S/C16H25N3O3S/c1-7-20-10(2)14-18-13(22-19-14)9-23-11(3)15-17-8-12(21-15)16(4,5)6/h8,10-11H,7,9H2,1-6H3. The van der Waals surface area contributed by atoms with Crippen LogP contribution in [-0.4, -0.2) is 21.7 Å². The Labute approximate surface area is 141 Å². The topological polar surface area (TPSA) is 74.2 Å². The zero-order valence-electron chi connectivity index (χ0n) is 14.6. The summed E-state index contributed by atoms with van der Waals surface area (Å²) in [6.07, 6.45) is 1.65. The first-order valence-electron chi connectivity index (χ1n) is 7.83. The summed E-state index contributed by atoms with van der Waals surface area (Å²) >= 11 is 1.65. The van der Waals surface area contributed by atoms with Crippen LogP contribution in [0, 0.1) is 0 Å². The minimum atomic E-state index is -0.152. The smallest absolute Gasteiger partial charge is 0.236 e. The van der Waals surface area contributed by atoms with Crippen LogP contribution in [0.1, 0.15) is 76.3 Å². The van der Waals surface area contributed by atoms with Crippen molar-refractivity contribution in [1.29, 1.82) is 0 Å². The number of hydrogen-bond acceptors (Lipinski definition) is 7. The number of hydrogen-bond donors (Lipinski definition) is 0. The maximum atomic E-state index is 5.86. The van der Waals surface area contributed by atoms with Gasteiger partial charge in [0.05, 0.1) is 17.2 Å². The van der Waals surface area contributed by atoms with Crippen LogP contribution >= 0.6 is 11.8 Å². The molecule has 0 radical (unpaired) electrons. The predicted octanol–water partition coefficient (Wildman–Crippen LogP) is 4.45. The van der Waals surface area contributed by atoms with Gasteiger partial charge in [0.1, 0.15) is 11.9 Å². The Bertz CT molecular complexity index is 618. The Morgan fingerprint density at radius 1 is 1.30 bits per heavy atom. The average molecular weight is 339 g/mol. The zero-order chi connectivity index (χ0) is 17.0. The van der Waals surface area contributed by atoms with Gasteiger partial charge in [0.2, 0.25) is 11.8 Å². The number of rotatable bonds is 7. The first-order chi connectivity index (χ1) is 10.8. The van der Waals surface area contributed by atoms with Crippen LogP contribution in [0.4, 0.5) is 0 Å². The number of ether oxygens (including phenoxy) is 1. The molecule has 0 spiro atoms. The molecule has 0 saturated heterocycles. The van der Waals surface area contributed by atoms with Crippen LogP contribution in [0.25, 0.3) is 0 Å². The first-order valence-corrected chi connectivity index (χ1v) is 8.88. The van der Waals surface area contributed by atoms with Gasteiger partial charge in [-0.2, -0.15) is 4.98 Å². The molecule has 0 bridgehead atoms. The molecule has 2 heterocycles. The molecule has 0 N–H and O–H groups in total. The quantitative estimate of drug-likeness (QED) is 0.738. The minimum absolute atomic E-state index is 0.0353. The summed E-state index contributed by atoms with van der Waals surface area (Å²) in [5.41, 5.74) is -0.0353. The third-order valence-electron chi connectivity index (χ3n) is 3.33. The van der Waals surface area contributed by atoms with Crippen LogP contribution in [0.3, 0.4) is 0 Å². The maximum absolute atomic E-state index is 5.86. The highest BCUT2D eigenvalue weighted by Gasteiger charge is 2.22. The van der Waals surface area contributed by atoms with E-state index in [1.54, 1.807) is 18.0 Å². The lowest BCUT2D eigenvalue weighted by molar-refractivity contribution is 0.0683. The van der Waals surface area contributed by atoms with Gasteiger partial charge in [0, 0.05) is 12.0 Å². The van der Waals surface area contributed by atoms with Crippen molar-refractivity contribution < 1.29 is 13.7 Å². The van der Waals surface area contributed by atoms with Crippen molar-refractivity contribution in [3.63, 3.8) is 0 Å². The molecule has 0 aliphatic rings. The largest absolute Gasteiger partial charge is 0.444 e. The molecule has 0 fully saturated rings. The van der Waals surface area contributed by atoms with E-state index in [0.29, 0.717) is 24.1 Å². The predicted molar refractivity (Wildman–Crippen MR) is 89.3 cm³/mol. The second-order valence-corrected chi connectivity index (χ2v) is 7.74. The second-order valence-electron chi connectivity index (χ2n) is 6.41. The lowest BCUT2D eigenvalue weighted by atomic mass is 9.94. The number of nitrogens with zero attached hydrogens (tertiary/aromatic N) is 3. The minimum Gasteiger partial charge on any atom is -0.444 e. The van der Waals surface area contributed by atoms with Gasteiger partial charge in [-0.25, -0.2) is 4.98 Å². The van der Waals surface area contributed by atoms with Crippen LogP contribution in [-0.2, 0) is 15.9 Å². The molecule has 6 nitrogen and oxygen atoms in total. The van der Waals surface area contributed by atoms with Gasteiger partial charge in [-0.3, -0.25) is 0 Å². The van der Waals surface area contributed by atoms with Crippen molar-refractivity contribution in [3.05, 3.63) is 29.6 Å². The average Bonchev–Trinajstić information content (AvgIpc) is 3.13. The van der Waals surface area contributed by atoms with Gasteiger partial charge in [-0.05, 0) is 20.8 Å². The van der Waals surface area contributed by atoms with Crippen LogP contribution in [0.5, 0.6) is 0 Å². The maximum Gasteiger partial charge on any atom is 0.236 e. The van der Waals surface area contributed by atoms with Crippen molar-refractivity contribution in [2.24, 2.45) is 0 Å². The summed E-state index contributed by atoms with van der Waals surface area (Å²) in [7, 11) is 0. The van der Waals surface area contributed by atoms with Crippen LogP contribution < -0.4 is 0 Å². The summed E-state index contributed by atoms with van der Waals surface area (Å²) in [5.74, 6) is 3.40. The van der Waals surface area contributed by atoms with Crippen molar-refractivity contribution >= 4 is 11.8 Å². The zero-order valence-corrected chi connectivity index (χ0v) is 15.4. The molecule has 7 heteroatoms. The molecule has 0 aromatic carbocycles. The summed E-state index contributed by atoms with van der Waals surface area (Å²) in [4.78, 5) is 8.74. The SMILES string of the molecule is CCOC(C)c1noc(CSC(C)c2ncc(C(C)(C)C)o2)n1. The summed E-state index contributed by atoms with van der Waals surface area (Å²) < 4.78 is 16.6. The monoisotopic (exact) mass is 339 g/mol. The van der Waals surface area contributed by atoms with E-state index in [-0.39, 0.29) is 16.8 Å². The van der Waals surface area contributed by atoms with Gasteiger partial charge in [-0.1, -0.05) is 25.9 Å². The van der Waals surface area contributed by atoms with Gasteiger partial charge in [0.15, 0.2) is 5.82 Å². The lowest BCUT2D eigenvalue weighted by Crippen LogP contribution is -2.09. The van der Waals surface area contributed by atoms with E-state index >= 15 is 0 Å². The molecular formula is C16H25N3O3S. The molecular weight excluding hydrogens is 314 g/mol. The molecule has 23 heavy (non-hydrogen) atoms. The van der Waals surface area contributed by atoms with Crippen molar-refractivity contribution in [2.75, 3.05) is 6.61 Å². The van der Waals surface area contributed by atoms with Gasteiger partial charge >= 0.3 is 0 Å². The van der Waals surface area contributed by atoms with E-state index in [2.05, 4.69) is 42.8 Å². The Hall–Kier alpha value is -1.34. The fraction of sp³-hybridized carbons (Fsp3) is 0.688. The fourth-order valence-electron chi connectivity index (χ4n) is 1.91. The summed E-state index contributed by atoms with van der Waals surface area (Å²) in [6, 6.07) is 0.